The van der Waals surface area contributed by atoms with Crippen molar-refractivity contribution in [2.24, 2.45) is 0 Å². The first-order valence-electron chi connectivity index (χ1n) is 3.15. The maximum Gasteiger partial charge on any atom is 0.422 e. The molecule has 0 saturated carbocycles. The van der Waals surface area contributed by atoms with E-state index in [1.165, 1.54) is 0 Å². The summed E-state index contributed by atoms with van der Waals surface area (Å²) in [6.07, 6.45) is -4.52. The monoisotopic (exact) mass is 262 g/mol. The first kappa shape index (κ1) is 10.4. The quantitative estimate of drug-likeness (QED) is 0.677. The van der Waals surface area contributed by atoms with Crippen LogP contribution in [0.3, 0.4) is 0 Å². The van der Waals surface area contributed by atoms with Gasteiger partial charge in [-0.2, -0.15) is 13.2 Å². The number of hydrogen-bond acceptors (Lipinski definition) is 2. The molecule has 0 aromatic carbocycles. The van der Waals surface area contributed by atoms with Gasteiger partial charge in [0.15, 0.2) is 0 Å². The molecule has 0 fully saturated rings. The van der Waals surface area contributed by atoms with Gasteiger partial charge in [0.05, 0.1) is 15.8 Å². The van der Waals surface area contributed by atoms with E-state index >= 15 is 0 Å². The van der Waals surface area contributed by atoms with E-state index < -0.39 is 17.2 Å². The highest BCUT2D eigenvalue weighted by molar-refractivity contribution is 9.09. The Kier molecular flexibility index (Phi) is 3.11. The maximum absolute atomic E-state index is 12.0. The van der Waals surface area contributed by atoms with Crippen molar-refractivity contribution >= 4 is 27.7 Å². The fourth-order valence-corrected chi connectivity index (χ4v) is 2.24. The number of rotatable bonds is 0. The van der Waals surface area contributed by atoms with Gasteiger partial charge < -0.3 is 5.11 Å². The topological polar surface area (TPSA) is 20.2 Å². The van der Waals surface area contributed by atoms with E-state index in [-0.39, 0.29) is 10.6 Å². The fraction of sp³-hybridized carbons (Fsp3) is 0.667. The number of halogens is 4. The Bertz CT molecular complexity index is 203. The molecule has 1 nitrogen and oxygen atoms in total. The number of thioether (sulfide) groups is 1. The Hall–Kier alpha value is 0.320. The van der Waals surface area contributed by atoms with E-state index in [4.69, 9.17) is 5.11 Å². The number of aliphatic hydroxyl groups excluding tert-OH is 1. The third-order valence-corrected chi connectivity index (χ3v) is 3.87. The summed E-state index contributed by atoms with van der Waals surface area (Å²) in [5.41, 5.74) is 0. The van der Waals surface area contributed by atoms with Crippen molar-refractivity contribution in [3.05, 3.63) is 11.0 Å². The molecule has 0 spiro atoms. The summed E-state index contributed by atoms with van der Waals surface area (Å²) < 4.78 is 36.1. The molecule has 1 aliphatic heterocycles. The van der Waals surface area contributed by atoms with Crippen LogP contribution in [0, 0.1) is 0 Å². The lowest BCUT2D eigenvalue weighted by Gasteiger charge is -2.22. The molecule has 0 bridgehead atoms. The van der Waals surface area contributed by atoms with Gasteiger partial charge in [-0.15, -0.1) is 11.8 Å². The molecule has 1 heterocycles. The molecule has 6 heteroatoms. The average molecular weight is 263 g/mol. The van der Waals surface area contributed by atoms with Gasteiger partial charge in [0, 0.05) is 5.75 Å². The predicted octanol–water partition coefficient (Wildman–Crippen LogP) is 2.30. The van der Waals surface area contributed by atoms with Crippen LogP contribution in [0.25, 0.3) is 0 Å². The molecule has 0 saturated heterocycles. The van der Waals surface area contributed by atoms with Crippen molar-refractivity contribution in [3.63, 3.8) is 0 Å². The maximum atomic E-state index is 12.0. The van der Waals surface area contributed by atoms with Gasteiger partial charge in [-0.05, 0) is 6.08 Å². The third-order valence-electron chi connectivity index (χ3n) is 1.37. The molecule has 0 radical (unpaired) electrons. The summed E-state index contributed by atoms with van der Waals surface area (Å²) in [5, 5.41) is 9.07. The zero-order valence-electron chi connectivity index (χ0n) is 5.81. The van der Waals surface area contributed by atoms with Gasteiger partial charge >= 0.3 is 6.18 Å². The Morgan fingerprint density at radius 3 is 2.58 bits per heavy atom. The summed E-state index contributed by atoms with van der Waals surface area (Å²) in [7, 11) is 0. The van der Waals surface area contributed by atoms with Crippen LogP contribution in [0.15, 0.2) is 11.0 Å². The van der Waals surface area contributed by atoms with Gasteiger partial charge in [-0.1, -0.05) is 15.9 Å². The number of allylic oxidation sites excluding steroid dienone is 1. The van der Waals surface area contributed by atoms with Crippen molar-refractivity contribution in [1.29, 1.82) is 0 Å². The van der Waals surface area contributed by atoms with E-state index in [2.05, 4.69) is 15.9 Å². The van der Waals surface area contributed by atoms with Crippen molar-refractivity contribution < 1.29 is 18.3 Å². The van der Waals surface area contributed by atoms with Crippen LogP contribution in [0.2, 0.25) is 0 Å². The first-order valence-corrected chi connectivity index (χ1v) is 5.05. The van der Waals surface area contributed by atoms with Crippen LogP contribution in [0.5, 0.6) is 0 Å². The second kappa shape index (κ2) is 3.59. The highest BCUT2D eigenvalue weighted by Crippen LogP contribution is 2.39. The predicted molar refractivity (Wildman–Crippen MR) is 45.3 cm³/mol. The van der Waals surface area contributed by atoms with E-state index in [0.29, 0.717) is 11.8 Å². The van der Waals surface area contributed by atoms with Crippen molar-refractivity contribution in [2.75, 3.05) is 5.75 Å². The Balaban J connectivity index is 2.75. The summed E-state index contributed by atoms with van der Waals surface area (Å²) in [5.74, 6) is 0.243. The Morgan fingerprint density at radius 1 is 1.58 bits per heavy atom. The Morgan fingerprint density at radius 2 is 2.17 bits per heavy atom. The third kappa shape index (κ3) is 2.40. The zero-order valence-corrected chi connectivity index (χ0v) is 8.21. The number of alkyl halides is 4. The van der Waals surface area contributed by atoms with E-state index in [0.717, 1.165) is 6.08 Å². The molecule has 0 aromatic heterocycles. The molecule has 0 aliphatic carbocycles. The molecule has 70 valence electrons. The molecule has 2 atom stereocenters. The summed E-state index contributed by atoms with van der Waals surface area (Å²) in [6, 6.07) is 0. The van der Waals surface area contributed by atoms with E-state index in [1.54, 1.807) is 0 Å². The van der Waals surface area contributed by atoms with Crippen LogP contribution in [-0.4, -0.2) is 28.0 Å². The van der Waals surface area contributed by atoms with Crippen LogP contribution in [0.1, 0.15) is 0 Å². The van der Waals surface area contributed by atoms with Gasteiger partial charge in [-0.25, -0.2) is 0 Å². The van der Waals surface area contributed by atoms with Crippen LogP contribution < -0.4 is 0 Å². The van der Waals surface area contributed by atoms with Crippen LogP contribution >= 0.6 is 27.7 Å². The summed E-state index contributed by atoms with van der Waals surface area (Å²) in [6.45, 7) is 0. The minimum atomic E-state index is -4.32. The molecule has 1 N–H and O–H groups in total. The van der Waals surface area contributed by atoms with Crippen LogP contribution in [0.4, 0.5) is 13.2 Å². The fourth-order valence-electron chi connectivity index (χ4n) is 0.752. The van der Waals surface area contributed by atoms with Crippen LogP contribution in [-0.2, 0) is 0 Å². The summed E-state index contributed by atoms with van der Waals surface area (Å²) in [4.78, 5) is -0.987. The first-order chi connectivity index (χ1) is 5.41. The van der Waals surface area contributed by atoms with Gasteiger partial charge in [0.1, 0.15) is 0 Å². The standard InChI is InChI=1S/C6H6BrF3OS/c7-3-2-12-5(1-4(3)11)6(8,9)10/h1,3-4,11H,2H2/t3-,4-/m1/s1. The lowest BCUT2D eigenvalue weighted by molar-refractivity contribution is -0.0846. The minimum Gasteiger partial charge on any atom is -0.388 e. The molecule has 0 amide bonds. The van der Waals surface area contributed by atoms with Gasteiger partial charge in [-0.3, -0.25) is 0 Å². The second-order valence-electron chi connectivity index (χ2n) is 2.35. The zero-order chi connectivity index (χ0) is 9.35. The molecule has 0 aromatic rings. The molecule has 12 heavy (non-hydrogen) atoms. The largest absolute Gasteiger partial charge is 0.422 e. The Labute approximate surface area is 80.2 Å². The molecular weight excluding hydrogens is 257 g/mol. The number of hydrogen-bond donors (Lipinski definition) is 1. The van der Waals surface area contributed by atoms with Crippen molar-refractivity contribution in [3.8, 4) is 0 Å². The second-order valence-corrected chi connectivity index (χ2v) is 4.58. The van der Waals surface area contributed by atoms with Crippen molar-refractivity contribution in [2.45, 2.75) is 17.1 Å². The lowest BCUT2D eigenvalue weighted by Crippen LogP contribution is -2.27. The highest BCUT2D eigenvalue weighted by Gasteiger charge is 2.37. The molecule has 1 aliphatic rings. The molecule has 1 rings (SSSR count). The highest BCUT2D eigenvalue weighted by atomic mass is 79.9. The van der Waals surface area contributed by atoms with Crippen molar-refractivity contribution in [1.82, 2.24) is 0 Å². The SMILES string of the molecule is O[C@@H]1C=C(C(F)(F)F)SC[C@H]1Br. The lowest BCUT2D eigenvalue weighted by atomic mass is 10.2. The number of aliphatic hydroxyl groups is 1. The average Bonchev–Trinajstić information content (AvgIpc) is 1.92. The molecule has 0 unspecified atom stereocenters. The van der Waals surface area contributed by atoms with E-state index in [1.807, 2.05) is 0 Å². The molecular formula is C6H6BrF3OS. The smallest absolute Gasteiger partial charge is 0.388 e. The van der Waals surface area contributed by atoms with Gasteiger partial charge in [0.25, 0.3) is 0 Å². The summed E-state index contributed by atoms with van der Waals surface area (Å²) >= 11 is 3.78. The minimum absolute atomic E-state index is 0.243. The van der Waals surface area contributed by atoms with Gasteiger partial charge in [0.2, 0.25) is 0 Å². The van der Waals surface area contributed by atoms with E-state index in [9.17, 15) is 13.2 Å². The normalized spacial score (nSPS) is 31.6.